The Labute approximate surface area is 120 Å². The Morgan fingerprint density at radius 2 is 1.79 bits per heavy atom. The van der Waals surface area contributed by atoms with E-state index in [1.54, 1.807) is 0 Å². The van der Waals surface area contributed by atoms with E-state index >= 15 is 0 Å². The monoisotopic (exact) mass is 263 g/mol. The van der Waals surface area contributed by atoms with Gasteiger partial charge >= 0.3 is 0 Å². The van der Waals surface area contributed by atoms with Gasteiger partial charge in [-0.2, -0.15) is 0 Å². The second-order valence-corrected chi connectivity index (χ2v) is 6.11. The second-order valence-electron chi connectivity index (χ2n) is 6.11. The van der Waals surface area contributed by atoms with Crippen LogP contribution in [0, 0.1) is 11.8 Å². The van der Waals surface area contributed by atoms with Crippen LogP contribution in [-0.2, 0) is 0 Å². The summed E-state index contributed by atoms with van der Waals surface area (Å²) in [5.74, 6) is 1.42. The molecule has 1 N–H and O–H groups in total. The Morgan fingerprint density at radius 3 is 2.26 bits per heavy atom. The highest BCUT2D eigenvalue weighted by Gasteiger charge is 2.29. The maximum Gasteiger partial charge on any atom is 0.0470 e. The number of rotatable bonds is 11. The van der Waals surface area contributed by atoms with Crippen molar-refractivity contribution in [1.82, 2.24) is 5.32 Å². The number of allylic oxidation sites excluding steroid dienone is 1. The summed E-state index contributed by atoms with van der Waals surface area (Å²) in [4.78, 5) is 0. The molecule has 0 spiro atoms. The minimum atomic E-state index is 0.459. The van der Waals surface area contributed by atoms with E-state index in [9.17, 15) is 0 Å². The molecule has 110 valence electrons. The molecule has 1 aliphatic rings. The molecule has 0 saturated heterocycles. The van der Waals surface area contributed by atoms with Crippen LogP contribution < -0.4 is 5.32 Å². The summed E-state index contributed by atoms with van der Waals surface area (Å²) in [5, 5.41) is 3.70. The van der Waals surface area contributed by atoms with E-state index in [1.165, 1.54) is 62.6 Å². The molecule has 1 fully saturated rings. The summed E-state index contributed by atoms with van der Waals surface area (Å²) in [7, 11) is 0. The van der Waals surface area contributed by atoms with Gasteiger partial charge in [0.25, 0.3) is 0 Å². The van der Waals surface area contributed by atoms with Gasteiger partial charge in [0.15, 0.2) is 0 Å². The smallest absolute Gasteiger partial charge is 0.0470 e. The number of unbranched alkanes of at least 4 members (excludes halogenated alkanes) is 1. The molecule has 0 aromatic rings. The molecule has 0 aromatic carbocycles. The molecule has 2 atom stereocenters. The molecule has 1 saturated carbocycles. The molecule has 1 heteroatoms. The van der Waals surface area contributed by atoms with Crippen LogP contribution in [0.4, 0.5) is 0 Å². The van der Waals surface area contributed by atoms with E-state index in [0.29, 0.717) is 12.0 Å². The van der Waals surface area contributed by atoms with Gasteiger partial charge < -0.3 is 5.32 Å². The van der Waals surface area contributed by atoms with Crippen LogP contribution in [0.1, 0.15) is 72.1 Å². The molecule has 0 bridgehead atoms. The van der Waals surface area contributed by atoms with Crippen molar-refractivity contribution in [2.45, 2.75) is 78.2 Å². The van der Waals surface area contributed by atoms with Gasteiger partial charge in [-0.3, -0.25) is 0 Å². The average molecular weight is 263 g/mol. The number of hydrogen-bond acceptors (Lipinski definition) is 1. The Hall–Kier alpha value is -0.720. The van der Waals surface area contributed by atoms with E-state index in [0.717, 1.165) is 5.92 Å². The molecule has 1 nitrogen and oxygen atoms in total. The maximum atomic E-state index is 4.33. The Bertz CT molecular complexity index is 288. The van der Waals surface area contributed by atoms with E-state index in [4.69, 9.17) is 0 Å². The number of nitrogens with one attached hydrogen (secondary N) is 1. The van der Waals surface area contributed by atoms with E-state index < -0.39 is 0 Å². The summed E-state index contributed by atoms with van der Waals surface area (Å²) in [6.45, 7) is 15.4. The first-order valence-corrected chi connectivity index (χ1v) is 8.27. The van der Waals surface area contributed by atoms with E-state index in [1.807, 2.05) is 0 Å². The standard InChI is InChI=1S/C18H33N/c1-6-9-11-16(8-3)15(5)19-18(10-7-2)14(4)17-12-13-17/h16-19H,4-13H2,1-3H3. The average Bonchev–Trinajstić information content (AvgIpc) is 3.22. The maximum absolute atomic E-state index is 4.33. The Balaban J connectivity index is 2.50. The first-order chi connectivity index (χ1) is 9.13. The van der Waals surface area contributed by atoms with Crippen molar-refractivity contribution in [1.29, 1.82) is 0 Å². The Kier molecular flexibility index (Phi) is 7.27. The van der Waals surface area contributed by atoms with Crippen molar-refractivity contribution in [2.24, 2.45) is 11.8 Å². The molecule has 0 aliphatic heterocycles. The lowest BCUT2D eigenvalue weighted by Gasteiger charge is -2.27. The second kappa shape index (κ2) is 8.45. The van der Waals surface area contributed by atoms with Gasteiger partial charge in [0.05, 0.1) is 0 Å². The third kappa shape index (κ3) is 5.42. The SMILES string of the molecule is C=C(NC(CCC)C(=C)C1CC1)C(CC)CCCC. The largest absolute Gasteiger partial charge is 0.382 e. The number of hydrogen-bond donors (Lipinski definition) is 1. The molecule has 1 rings (SSSR count). The molecule has 1 aliphatic carbocycles. The predicted octanol–water partition coefficient (Wildman–Crippen LogP) is 5.44. The quantitative estimate of drug-likeness (QED) is 0.489. The highest BCUT2D eigenvalue weighted by Crippen LogP contribution is 2.38. The fourth-order valence-corrected chi connectivity index (χ4v) is 2.79. The lowest BCUT2D eigenvalue weighted by molar-refractivity contribution is 0.453. The van der Waals surface area contributed by atoms with Crippen LogP contribution in [-0.4, -0.2) is 6.04 Å². The fraction of sp³-hybridized carbons (Fsp3) is 0.778. The zero-order valence-electron chi connectivity index (χ0n) is 13.3. The molecule has 0 amide bonds. The molecule has 0 heterocycles. The van der Waals surface area contributed by atoms with Crippen LogP contribution in [0.3, 0.4) is 0 Å². The molecular weight excluding hydrogens is 230 g/mol. The third-order valence-corrected chi connectivity index (χ3v) is 4.38. The van der Waals surface area contributed by atoms with Crippen molar-refractivity contribution < 1.29 is 0 Å². The van der Waals surface area contributed by atoms with Gasteiger partial charge in [0.2, 0.25) is 0 Å². The first kappa shape index (κ1) is 16.3. The van der Waals surface area contributed by atoms with Crippen molar-refractivity contribution in [3.63, 3.8) is 0 Å². The van der Waals surface area contributed by atoms with Gasteiger partial charge in [0.1, 0.15) is 0 Å². The van der Waals surface area contributed by atoms with Gasteiger partial charge in [-0.25, -0.2) is 0 Å². The molecule has 0 radical (unpaired) electrons. The van der Waals surface area contributed by atoms with Crippen LogP contribution in [0.2, 0.25) is 0 Å². The van der Waals surface area contributed by atoms with Gasteiger partial charge in [-0.15, -0.1) is 0 Å². The lowest BCUT2D eigenvalue weighted by atomic mass is 9.93. The molecule has 0 aromatic heterocycles. The van der Waals surface area contributed by atoms with Gasteiger partial charge in [0, 0.05) is 11.7 Å². The molecule has 19 heavy (non-hydrogen) atoms. The topological polar surface area (TPSA) is 12.0 Å². The molecular formula is C18H33N. The van der Waals surface area contributed by atoms with E-state index in [-0.39, 0.29) is 0 Å². The zero-order chi connectivity index (χ0) is 14.3. The minimum absolute atomic E-state index is 0.459. The van der Waals surface area contributed by atoms with Gasteiger partial charge in [-0.05, 0) is 43.9 Å². The normalized spacial score (nSPS) is 17.8. The molecule has 2 unspecified atom stereocenters. The van der Waals surface area contributed by atoms with Gasteiger partial charge in [-0.1, -0.05) is 58.8 Å². The summed E-state index contributed by atoms with van der Waals surface area (Å²) in [6.07, 6.45) is 10.1. The summed E-state index contributed by atoms with van der Waals surface area (Å²) in [5.41, 5.74) is 2.67. The highest BCUT2D eigenvalue weighted by atomic mass is 14.9. The highest BCUT2D eigenvalue weighted by molar-refractivity contribution is 5.18. The lowest BCUT2D eigenvalue weighted by Crippen LogP contribution is -2.33. The fourth-order valence-electron chi connectivity index (χ4n) is 2.79. The van der Waals surface area contributed by atoms with Crippen molar-refractivity contribution in [3.8, 4) is 0 Å². The summed E-state index contributed by atoms with van der Waals surface area (Å²) in [6, 6.07) is 0.459. The van der Waals surface area contributed by atoms with Crippen molar-refractivity contribution in [3.05, 3.63) is 24.4 Å². The van der Waals surface area contributed by atoms with Crippen molar-refractivity contribution >= 4 is 0 Å². The minimum Gasteiger partial charge on any atom is -0.382 e. The summed E-state index contributed by atoms with van der Waals surface area (Å²) >= 11 is 0. The van der Waals surface area contributed by atoms with Crippen LogP contribution in [0.15, 0.2) is 24.4 Å². The first-order valence-electron chi connectivity index (χ1n) is 8.27. The van der Waals surface area contributed by atoms with E-state index in [2.05, 4.69) is 39.2 Å². The zero-order valence-corrected chi connectivity index (χ0v) is 13.3. The van der Waals surface area contributed by atoms with Crippen LogP contribution in [0.5, 0.6) is 0 Å². The van der Waals surface area contributed by atoms with Crippen LogP contribution >= 0.6 is 0 Å². The summed E-state index contributed by atoms with van der Waals surface area (Å²) < 4.78 is 0. The van der Waals surface area contributed by atoms with Crippen LogP contribution in [0.25, 0.3) is 0 Å². The predicted molar refractivity (Wildman–Crippen MR) is 86.1 cm³/mol. The third-order valence-electron chi connectivity index (χ3n) is 4.38. The van der Waals surface area contributed by atoms with Crippen molar-refractivity contribution in [2.75, 3.05) is 0 Å². The Morgan fingerprint density at radius 1 is 1.11 bits per heavy atom.